The number of fused-ring (bicyclic) bond motifs is 1. The number of carbonyl (C=O) groups excluding carboxylic acids is 2. The minimum atomic E-state index is -4.19. The van der Waals surface area contributed by atoms with Crippen molar-refractivity contribution in [1.29, 1.82) is 0 Å². The predicted octanol–water partition coefficient (Wildman–Crippen LogP) is 2.79. The summed E-state index contributed by atoms with van der Waals surface area (Å²) in [5, 5.41) is 13.2. The van der Waals surface area contributed by atoms with E-state index in [0.717, 1.165) is 6.07 Å². The molecule has 0 saturated carbocycles. The molecular weight excluding hydrogens is 516 g/mol. The molecule has 13 heteroatoms. The molecule has 1 aromatic heterocycles. The fourth-order valence-electron chi connectivity index (χ4n) is 3.14. The Balaban J connectivity index is 1.78. The van der Waals surface area contributed by atoms with E-state index in [0.29, 0.717) is 16.1 Å². The van der Waals surface area contributed by atoms with Crippen LogP contribution in [0, 0.1) is 0 Å². The lowest BCUT2D eigenvalue weighted by molar-refractivity contribution is -0.149. The van der Waals surface area contributed by atoms with E-state index in [4.69, 9.17) is 25.5 Å². The van der Waals surface area contributed by atoms with Crippen LogP contribution in [-0.4, -0.2) is 44.3 Å². The van der Waals surface area contributed by atoms with Crippen LogP contribution in [0.1, 0.15) is 19.4 Å². The maximum atomic E-state index is 12.7. The lowest BCUT2D eigenvalue weighted by atomic mass is 10.1. The quantitative estimate of drug-likeness (QED) is 0.275. The van der Waals surface area contributed by atoms with Crippen LogP contribution in [0.3, 0.4) is 0 Å². The van der Waals surface area contributed by atoms with Crippen molar-refractivity contribution >= 4 is 50.3 Å². The number of esters is 1. The summed E-state index contributed by atoms with van der Waals surface area (Å²) in [4.78, 5) is 36.2. The van der Waals surface area contributed by atoms with E-state index in [2.05, 4.69) is 10.0 Å². The number of ether oxygens (including phenoxy) is 2. The Morgan fingerprint density at radius 2 is 1.81 bits per heavy atom. The largest absolute Gasteiger partial charge is 0.460 e. The van der Waals surface area contributed by atoms with Gasteiger partial charge < -0.3 is 19.0 Å². The molecule has 0 aliphatic heterocycles. The van der Waals surface area contributed by atoms with Crippen molar-refractivity contribution < 1.29 is 37.0 Å². The molecule has 2 aromatic carbocycles. The van der Waals surface area contributed by atoms with Crippen LogP contribution < -0.4 is 15.7 Å². The summed E-state index contributed by atoms with van der Waals surface area (Å²) in [6.07, 6.45) is -2.12. The zero-order valence-corrected chi connectivity index (χ0v) is 20.8. The molecule has 0 fully saturated rings. The highest BCUT2D eigenvalue weighted by Gasteiger charge is 2.31. The van der Waals surface area contributed by atoms with Crippen LogP contribution in [0.25, 0.3) is 11.0 Å². The number of halogens is 1. The Morgan fingerprint density at radius 1 is 1.11 bits per heavy atom. The topological polar surface area (TPSA) is 161 Å². The number of hydrogen-bond donors (Lipinski definition) is 3. The summed E-state index contributed by atoms with van der Waals surface area (Å²) < 4.78 is 42.6. The van der Waals surface area contributed by atoms with Crippen molar-refractivity contribution in [1.82, 2.24) is 4.72 Å². The summed E-state index contributed by atoms with van der Waals surface area (Å²) in [5.74, 6) is -1.07. The smallest absolute Gasteiger partial charge is 0.411 e. The van der Waals surface area contributed by atoms with Gasteiger partial charge in [-0.3, -0.25) is 10.1 Å². The van der Waals surface area contributed by atoms with Gasteiger partial charge in [0.15, 0.2) is 0 Å². The number of benzene rings is 2. The Morgan fingerprint density at radius 3 is 2.44 bits per heavy atom. The highest BCUT2D eigenvalue weighted by Crippen LogP contribution is 2.22. The first-order valence-electron chi connectivity index (χ1n) is 10.6. The van der Waals surface area contributed by atoms with Gasteiger partial charge >= 0.3 is 17.7 Å². The predicted molar refractivity (Wildman–Crippen MR) is 130 cm³/mol. The lowest BCUT2D eigenvalue weighted by Gasteiger charge is -2.20. The van der Waals surface area contributed by atoms with Crippen LogP contribution in [-0.2, 0) is 30.9 Å². The van der Waals surface area contributed by atoms with Crippen LogP contribution in [0.4, 0.5) is 10.5 Å². The number of rotatable bonds is 9. The van der Waals surface area contributed by atoms with Gasteiger partial charge in [-0.2, -0.15) is 4.72 Å². The molecule has 0 unspecified atom stereocenters. The van der Waals surface area contributed by atoms with Gasteiger partial charge in [0.2, 0.25) is 10.0 Å². The normalized spacial score (nSPS) is 13.1. The minimum absolute atomic E-state index is 0.110. The molecule has 1 amide bonds. The fraction of sp³-hybridized carbons (Fsp3) is 0.261. The first kappa shape index (κ1) is 27.1. The molecule has 36 heavy (non-hydrogen) atoms. The molecular formula is C23H23ClN2O9S. The molecule has 3 N–H and O–H groups in total. The molecule has 3 rings (SSSR count). The summed E-state index contributed by atoms with van der Waals surface area (Å²) in [7, 11) is -4.19. The minimum Gasteiger partial charge on any atom is -0.460 e. The van der Waals surface area contributed by atoms with Crippen molar-refractivity contribution in [3.63, 3.8) is 0 Å². The van der Waals surface area contributed by atoms with E-state index >= 15 is 0 Å². The summed E-state index contributed by atoms with van der Waals surface area (Å²) in [6, 6.07) is 9.18. The van der Waals surface area contributed by atoms with E-state index in [1.54, 1.807) is 13.0 Å². The Hall–Kier alpha value is -3.45. The number of aliphatic hydroxyl groups excluding tert-OH is 1. The highest BCUT2D eigenvalue weighted by atomic mass is 35.5. The van der Waals surface area contributed by atoms with Crippen molar-refractivity contribution in [3.05, 3.63) is 69.5 Å². The zero-order valence-electron chi connectivity index (χ0n) is 19.2. The zero-order chi connectivity index (χ0) is 26.5. The number of sulfonamides is 1. The molecule has 0 saturated heterocycles. The van der Waals surface area contributed by atoms with Crippen LogP contribution in [0.2, 0.25) is 5.02 Å². The third-order valence-electron chi connectivity index (χ3n) is 4.86. The van der Waals surface area contributed by atoms with Crippen LogP contribution in [0.5, 0.6) is 0 Å². The van der Waals surface area contributed by atoms with Crippen molar-refractivity contribution in [2.24, 2.45) is 0 Å². The molecule has 3 aromatic rings. The molecule has 2 atom stereocenters. The molecule has 1 heterocycles. The standard InChI is InChI=1S/C23H23ClN2O9S/c1-3-33-23(30)25-16-6-9-18-14(10-20(28)35-19(18)11-16)12-34-22(29)21(13(2)27)26-36(31,32)17-7-4-15(24)5-8-17/h4-11,13,21,26-27H,3,12H2,1-2H3,(H,25,30)/t13-,21+/m1/s1. The van der Waals surface area contributed by atoms with Gasteiger partial charge in [0.1, 0.15) is 18.2 Å². The second-order valence-corrected chi connectivity index (χ2v) is 9.70. The van der Waals surface area contributed by atoms with Crippen LogP contribution >= 0.6 is 11.6 Å². The SMILES string of the molecule is CCOC(=O)Nc1ccc2c(COC(=O)[C@@H](NS(=O)(=O)c3ccc(Cl)cc3)[C@@H](C)O)cc(=O)oc2c1. The first-order valence-corrected chi connectivity index (χ1v) is 12.5. The van der Waals surface area contributed by atoms with Crippen molar-refractivity contribution in [2.75, 3.05) is 11.9 Å². The van der Waals surface area contributed by atoms with Crippen molar-refractivity contribution in [2.45, 2.75) is 37.5 Å². The van der Waals surface area contributed by atoms with Gasteiger partial charge in [0, 0.05) is 33.8 Å². The molecule has 0 aliphatic carbocycles. The van der Waals surface area contributed by atoms with Crippen molar-refractivity contribution in [3.8, 4) is 0 Å². The average molecular weight is 539 g/mol. The Labute approximate surface area is 211 Å². The lowest BCUT2D eigenvalue weighted by Crippen LogP contribution is -2.48. The van der Waals surface area contributed by atoms with E-state index < -0.39 is 46.5 Å². The van der Waals surface area contributed by atoms with E-state index in [1.807, 2.05) is 0 Å². The highest BCUT2D eigenvalue weighted by molar-refractivity contribution is 7.89. The second kappa shape index (κ2) is 11.5. The van der Waals surface area contributed by atoms with Crippen LogP contribution in [0.15, 0.2) is 62.6 Å². The van der Waals surface area contributed by atoms with Gasteiger partial charge in [-0.25, -0.2) is 18.0 Å². The molecule has 192 valence electrons. The third-order valence-corrected chi connectivity index (χ3v) is 6.57. The maximum Gasteiger partial charge on any atom is 0.411 e. The Bertz CT molecular complexity index is 1420. The number of hydrogen-bond acceptors (Lipinski definition) is 9. The summed E-state index contributed by atoms with van der Waals surface area (Å²) >= 11 is 5.78. The van der Waals surface area contributed by atoms with E-state index in [9.17, 15) is 27.9 Å². The van der Waals surface area contributed by atoms with Gasteiger partial charge in [-0.05, 0) is 50.2 Å². The summed E-state index contributed by atoms with van der Waals surface area (Å²) in [6.45, 7) is 2.63. The van der Waals surface area contributed by atoms with Gasteiger partial charge in [0.25, 0.3) is 0 Å². The Kier molecular flexibility index (Phi) is 8.69. The fourth-order valence-corrected chi connectivity index (χ4v) is 4.53. The third kappa shape index (κ3) is 6.82. The number of amides is 1. The molecule has 0 radical (unpaired) electrons. The average Bonchev–Trinajstić information content (AvgIpc) is 2.80. The number of aliphatic hydroxyl groups is 1. The monoisotopic (exact) mass is 538 g/mol. The molecule has 0 spiro atoms. The first-order chi connectivity index (χ1) is 17.0. The molecule has 0 bridgehead atoms. The number of carbonyl (C=O) groups is 2. The van der Waals surface area contributed by atoms with Gasteiger partial charge in [-0.15, -0.1) is 0 Å². The van der Waals surface area contributed by atoms with E-state index in [1.165, 1.54) is 43.3 Å². The molecule has 11 nitrogen and oxygen atoms in total. The number of nitrogens with one attached hydrogen (secondary N) is 2. The summed E-state index contributed by atoms with van der Waals surface area (Å²) in [5.41, 5.74) is -0.0538. The van der Waals surface area contributed by atoms with Gasteiger partial charge in [-0.1, -0.05) is 11.6 Å². The number of anilines is 1. The maximum absolute atomic E-state index is 12.7. The van der Waals surface area contributed by atoms with E-state index in [-0.39, 0.29) is 22.6 Å². The van der Waals surface area contributed by atoms with Gasteiger partial charge in [0.05, 0.1) is 17.6 Å². The molecule has 0 aliphatic rings. The second-order valence-electron chi connectivity index (χ2n) is 7.55.